The molecule has 0 radical (unpaired) electrons. The maximum atomic E-state index is 12.3. The summed E-state index contributed by atoms with van der Waals surface area (Å²) in [7, 11) is 0. The Balaban J connectivity index is 0.00000162. The quantitative estimate of drug-likeness (QED) is 0.896. The molecule has 1 atom stereocenters. The van der Waals surface area contributed by atoms with E-state index in [1.165, 1.54) is 6.42 Å². The first-order chi connectivity index (χ1) is 8.22. The highest BCUT2D eigenvalue weighted by Crippen LogP contribution is 2.19. The van der Waals surface area contributed by atoms with Crippen LogP contribution in [-0.2, 0) is 6.54 Å². The van der Waals surface area contributed by atoms with Gasteiger partial charge in [-0.25, -0.2) is 0 Å². The summed E-state index contributed by atoms with van der Waals surface area (Å²) in [6.07, 6.45) is 3.47. The first-order valence-electron chi connectivity index (χ1n) is 6.32. The van der Waals surface area contributed by atoms with Crippen molar-refractivity contribution in [2.24, 2.45) is 5.73 Å². The summed E-state index contributed by atoms with van der Waals surface area (Å²) >= 11 is 0. The molecule has 1 unspecified atom stereocenters. The molecule has 100 valence electrons. The van der Waals surface area contributed by atoms with Crippen LogP contribution in [0.4, 0.5) is 0 Å². The number of amides is 1. The third-order valence-electron chi connectivity index (χ3n) is 3.50. The van der Waals surface area contributed by atoms with Crippen LogP contribution in [0, 0.1) is 0 Å². The van der Waals surface area contributed by atoms with Gasteiger partial charge in [-0.1, -0.05) is 12.1 Å². The minimum Gasteiger partial charge on any atom is -0.336 e. The molecule has 1 saturated heterocycles. The van der Waals surface area contributed by atoms with E-state index in [-0.39, 0.29) is 18.3 Å². The molecule has 0 aliphatic carbocycles. The number of carbonyl (C=O) groups is 1. The van der Waals surface area contributed by atoms with Gasteiger partial charge in [0, 0.05) is 24.7 Å². The molecule has 3 nitrogen and oxygen atoms in total. The second-order valence-corrected chi connectivity index (χ2v) is 4.74. The van der Waals surface area contributed by atoms with E-state index in [9.17, 15) is 4.79 Å². The van der Waals surface area contributed by atoms with E-state index in [4.69, 9.17) is 5.73 Å². The van der Waals surface area contributed by atoms with Crippen molar-refractivity contribution in [3.8, 4) is 0 Å². The van der Waals surface area contributed by atoms with Gasteiger partial charge in [0.2, 0.25) is 0 Å². The van der Waals surface area contributed by atoms with E-state index in [0.29, 0.717) is 12.6 Å². The number of likely N-dealkylation sites (tertiary alicyclic amines) is 1. The third-order valence-corrected chi connectivity index (χ3v) is 3.50. The minimum absolute atomic E-state index is 0. The largest absolute Gasteiger partial charge is 0.336 e. The third kappa shape index (κ3) is 3.24. The fourth-order valence-corrected chi connectivity index (χ4v) is 2.35. The maximum absolute atomic E-state index is 12.3. The van der Waals surface area contributed by atoms with Crippen LogP contribution in [0.3, 0.4) is 0 Å². The second kappa shape index (κ2) is 6.76. The Hall–Kier alpha value is -1.06. The lowest BCUT2D eigenvalue weighted by Crippen LogP contribution is -2.42. The number of piperidine rings is 1. The molecule has 1 heterocycles. The van der Waals surface area contributed by atoms with Crippen molar-refractivity contribution in [1.82, 2.24) is 4.90 Å². The Morgan fingerprint density at radius 2 is 2.00 bits per heavy atom. The van der Waals surface area contributed by atoms with Gasteiger partial charge in [0.1, 0.15) is 0 Å². The average molecular weight is 269 g/mol. The van der Waals surface area contributed by atoms with Crippen LogP contribution >= 0.6 is 12.4 Å². The molecule has 0 aromatic heterocycles. The summed E-state index contributed by atoms with van der Waals surface area (Å²) in [6, 6.07) is 7.99. The van der Waals surface area contributed by atoms with Gasteiger partial charge in [0.05, 0.1) is 0 Å². The van der Waals surface area contributed by atoms with E-state index in [1.54, 1.807) is 0 Å². The summed E-state index contributed by atoms with van der Waals surface area (Å²) in [4.78, 5) is 14.3. The van der Waals surface area contributed by atoms with Crippen LogP contribution in [-0.4, -0.2) is 23.4 Å². The zero-order chi connectivity index (χ0) is 12.3. The van der Waals surface area contributed by atoms with E-state index >= 15 is 0 Å². The Labute approximate surface area is 115 Å². The van der Waals surface area contributed by atoms with Gasteiger partial charge in [0.15, 0.2) is 0 Å². The predicted octanol–water partition coefficient (Wildman–Crippen LogP) is 2.58. The first-order valence-corrected chi connectivity index (χ1v) is 6.32. The van der Waals surface area contributed by atoms with Crippen molar-refractivity contribution in [2.45, 2.75) is 38.8 Å². The molecule has 0 saturated carbocycles. The number of carbonyl (C=O) groups excluding carboxylic acids is 1. The van der Waals surface area contributed by atoms with Crippen LogP contribution in [0.1, 0.15) is 42.1 Å². The highest BCUT2D eigenvalue weighted by Gasteiger charge is 2.23. The van der Waals surface area contributed by atoms with E-state index in [2.05, 4.69) is 6.92 Å². The lowest BCUT2D eigenvalue weighted by molar-refractivity contribution is 0.0635. The second-order valence-electron chi connectivity index (χ2n) is 4.74. The molecule has 1 aromatic carbocycles. The summed E-state index contributed by atoms with van der Waals surface area (Å²) in [6.45, 7) is 3.54. The molecule has 18 heavy (non-hydrogen) atoms. The number of halogens is 1. The number of benzene rings is 1. The molecule has 0 spiro atoms. The molecule has 4 heteroatoms. The van der Waals surface area contributed by atoms with Crippen molar-refractivity contribution in [1.29, 1.82) is 0 Å². The van der Waals surface area contributed by atoms with Crippen molar-refractivity contribution in [2.75, 3.05) is 6.54 Å². The van der Waals surface area contributed by atoms with Crippen molar-refractivity contribution < 1.29 is 4.79 Å². The fraction of sp³-hybridized carbons (Fsp3) is 0.500. The normalized spacial score (nSPS) is 19.2. The van der Waals surface area contributed by atoms with Crippen LogP contribution in [0.25, 0.3) is 0 Å². The lowest BCUT2D eigenvalue weighted by Gasteiger charge is -2.33. The van der Waals surface area contributed by atoms with Gasteiger partial charge in [-0.2, -0.15) is 0 Å². The maximum Gasteiger partial charge on any atom is 0.254 e. The molecule has 1 fully saturated rings. The SMILES string of the molecule is CC1CCCCN1C(=O)c1ccc(CN)cc1.Cl. The number of nitrogens with zero attached hydrogens (tertiary/aromatic N) is 1. The lowest BCUT2D eigenvalue weighted by atomic mass is 10.0. The minimum atomic E-state index is 0. The molecule has 2 rings (SSSR count). The predicted molar refractivity (Wildman–Crippen MR) is 75.9 cm³/mol. The van der Waals surface area contributed by atoms with Gasteiger partial charge < -0.3 is 10.6 Å². The first kappa shape index (κ1) is 15.0. The van der Waals surface area contributed by atoms with E-state index in [0.717, 1.165) is 30.5 Å². The molecule has 1 aromatic rings. The average Bonchev–Trinajstić information content (AvgIpc) is 2.39. The van der Waals surface area contributed by atoms with Gasteiger partial charge in [0.25, 0.3) is 5.91 Å². The monoisotopic (exact) mass is 268 g/mol. The number of hydrogen-bond donors (Lipinski definition) is 1. The smallest absolute Gasteiger partial charge is 0.254 e. The summed E-state index contributed by atoms with van der Waals surface area (Å²) < 4.78 is 0. The van der Waals surface area contributed by atoms with Crippen LogP contribution in [0.15, 0.2) is 24.3 Å². The highest BCUT2D eigenvalue weighted by molar-refractivity contribution is 5.94. The van der Waals surface area contributed by atoms with E-state index in [1.807, 2.05) is 29.2 Å². The Kier molecular flexibility index (Phi) is 5.63. The Morgan fingerprint density at radius 1 is 1.33 bits per heavy atom. The zero-order valence-electron chi connectivity index (χ0n) is 10.8. The molecular formula is C14H21ClN2O. The number of nitrogens with two attached hydrogens (primary N) is 1. The summed E-state index contributed by atoms with van der Waals surface area (Å²) in [5.74, 6) is 0.153. The van der Waals surface area contributed by atoms with Crippen LogP contribution < -0.4 is 5.73 Å². The van der Waals surface area contributed by atoms with Crippen molar-refractivity contribution in [3.05, 3.63) is 35.4 Å². The van der Waals surface area contributed by atoms with Crippen molar-refractivity contribution >= 4 is 18.3 Å². The molecular weight excluding hydrogens is 248 g/mol. The van der Waals surface area contributed by atoms with Gasteiger partial charge in [-0.3, -0.25) is 4.79 Å². The Morgan fingerprint density at radius 3 is 2.56 bits per heavy atom. The summed E-state index contributed by atoms with van der Waals surface area (Å²) in [5, 5.41) is 0. The number of rotatable bonds is 2. The zero-order valence-corrected chi connectivity index (χ0v) is 11.6. The number of hydrogen-bond acceptors (Lipinski definition) is 2. The standard InChI is InChI=1S/C14H20N2O.ClH/c1-11-4-2-3-9-16(11)14(17)13-7-5-12(10-15)6-8-13;/h5-8,11H,2-4,9-10,15H2,1H3;1H. The van der Waals surface area contributed by atoms with Gasteiger partial charge in [-0.15, -0.1) is 12.4 Å². The molecule has 0 bridgehead atoms. The molecule has 1 aliphatic rings. The molecule has 1 aliphatic heterocycles. The van der Waals surface area contributed by atoms with Crippen LogP contribution in [0.2, 0.25) is 0 Å². The van der Waals surface area contributed by atoms with Gasteiger partial charge in [-0.05, 0) is 43.9 Å². The highest BCUT2D eigenvalue weighted by atomic mass is 35.5. The fourth-order valence-electron chi connectivity index (χ4n) is 2.35. The van der Waals surface area contributed by atoms with Crippen molar-refractivity contribution in [3.63, 3.8) is 0 Å². The van der Waals surface area contributed by atoms with Gasteiger partial charge >= 0.3 is 0 Å². The molecule has 2 N–H and O–H groups in total. The Bertz CT molecular complexity index is 391. The van der Waals surface area contributed by atoms with E-state index < -0.39 is 0 Å². The topological polar surface area (TPSA) is 46.3 Å². The molecule has 1 amide bonds. The summed E-state index contributed by atoms with van der Waals surface area (Å²) in [5.41, 5.74) is 7.38. The van der Waals surface area contributed by atoms with Crippen LogP contribution in [0.5, 0.6) is 0 Å².